The summed E-state index contributed by atoms with van der Waals surface area (Å²) in [5.41, 5.74) is -0.000239. The van der Waals surface area contributed by atoms with Crippen molar-refractivity contribution >= 4 is 23.8 Å². The van der Waals surface area contributed by atoms with Gasteiger partial charge in [-0.3, -0.25) is 0 Å². The number of carbonyl (C=O) groups is 2. The number of methoxy groups -OCH3 is 1. The van der Waals surface area contributed by atoms with E-state index in [0.29, 0.717) is 6.54 Å². The molecule has 5 nitrogen and oxygen atoms in total. The Morgan fingerprint density at radius 1 is 1.14 bits per heavy atom. The molecule has 4 saturated carbocycles. The van der Waals surface area contributed by atoms with Crippen LogP contribution in [0.1, 0.15) is 38.5 Å². The molecule has 0 aromatic carbocycles. The van der Waals surface area contributed by atoms with E-state index in [1.54, 1.807) is 4.90 Å². The van der Waals surface area contributed by atoms with Gasteiger partial charge in [0.2, 0.25) is 0 Å². The van der Waals surface area contributed by atoms with Gasteiger partial charge < -0.3 is 15.0 Å². The van der Waals surface area contributed by atoms with Crippen LogP contribution >= 0.6 is 11.8 Å². The summed E-state index contributed by atoms with van der Waals surface area (Å²) < 4.78 is 4.83. The van der Waals surface area contributed by atoms with Crippen molar-refractivity contribution in [3.05, 3.63) is 0 Å². The molecule has 1 atom stereocenters. The van der Waals surface area contributed by atoms with Crippen molar-refractivity contribution in [2.75, 3.05) is 19.4 Å². The molecule has 5 aliphatic rings. The third-order valence-corrected chi connectivity index (χ3v) is 7.15. The number of hydrogen-bond donors (Lipinski definition) is 1. The topological polar surface area (TPSA) is 58.6 Å². The monoisotopic (exact) mass is 324 g/mol. The molecule has 122 valence electrons. The third-order valence-electron chi connectivity index (χ3n) is 5.97. The highest BCUT2D eigenvalue weighted by atomic mass is 32.2. The fraction of sp³-hybridized carbons (Fsp3) is 0.875. The highest BCUT2D eigenvalue weighted by molar-refractivity contribution is 8.00. The Hall–Kier alpha value is -0.910. The smallest absolute Gasteiger partial charge is 0.339 e. The summed E-state index contributed by atoms with van der Waals surface area (Å²) in [6.45, 7) is 0.628. The second-order valence-electron chi connectivity index (χ2n) is 7.57. The van der Waals surface area contributed by atoms with Crippen molar-refractivity contribution < 1.29 is 14.3 Å². The summed E-state index contributed by atoms with van der Waals surface area (Å²) in [4.78, 5) is 26.2. The maximum Gasteiger partial charge on any atom is 0.339 e. The highest BCUT2D eigenvalue weighted by Gasteiger charge is 2.52. The molecule has 0 aromatic rings. The van der Waals surface area contributed by atoms with Gasteiger partial charge in [-0.1, -0.05) is 0 Å². The first-order chi connectivity index (χ1) is 10.6. The van der Waals surface area contributed by atoms with Gasteiger partial charge in [-0.05, 0) is 56.3 Å². The van der Waals surface area contributed by atoms with E-state index in [9.17, 15) is 9.59 Å². The number of rotatable bonds is 2. The first-order valence-corrected chi connectivity index (χ1v) is 9.42. The maximum absolute atomic E-state index is 12.8. The van der Waals surface area contributed by atoms with Gasteiger partial charge in [0.1, 0.15) is 0 Å². The first kappa shape index (κ1) is 14.7. The van der Waals surface area contributed by atoms with Crippen LogP contribution < -0.4 is 5.32 Å². The second-order valence-corrected chi connectivity index (χ2v) is 8.76. The van der Waals surface area contributed by atoms with E-state index in [2.05, 4.69) is 5.32 Å². The molecule has 6 heteroatoms. The second kappa shape index (κ2) is 5.32. The molecule has 4 bridgehead atoms. The molecular formula is C16H24N2O3S. The van der Waals surface area contributed by atoms with Crippen molar-refractivity contribution in [3.63, 3.8) is 0 Å². The van der Waals surface area contributed by atoms with Crippen LogP contribution in [0.2, 0.25) is 0 Å². The van der Waals surface area contributed by atoms with E-state index in [1.165, 1.54) is 38.1 Å². The van der Waals surface area contributed by atoms with E-state index in [-0.39, 0.29) is 17.5 Å². The predicted octanol–water partition coefficient (Wildman–Crippen LogP) is 2.21. The lowest BCUT2D eigenvalue weighted by Gasteiger charge is -2.57. The van der Waals surface area contributed by atoms with Crippen LogP contribution in [0.4, 0.5) is 4.79 Å². The van der Waals surface area contributed by atoms with Gasteiger partial charge in [-0.2, -0.15) is 0 Å². The summed E-state index contributed by atoms with van der Waals surface area (Å²) in [7, 11) is 1.39. The first-order valence-electron chi connectivity index (χ1n) is 8.37. The molecular weight excluding hydrogens is 300 g/mol. The number of ether oxygens (including phenoxy) is 1. The average molecular weight is 324 g/mol. The fourth-order valence-corrected chi connectivity index (χ4v) is 6.68. The Balaban J connectivity index is 1.47. The van der Waals surface area contributed by atoms with Crippen LogP contribution in [-0.4, -0.2) is 47.2 Å². The predicted molar refractivity (Wildman–Crippen MR) is 84.4 cm³/mol. The van der Waals surface area contributed by atoms with Crippen molar-refractivity contribution in [2.45, 2.75) is 49.4 Å². The van der Waals surface area contributed by atoms with Crippen molar-refractivity contribution in [2.24, 2.45) is 17.8 Å². The third kappa shape index (κ3) is 2.39. The number of nitrogens with one attached hydrogen (secondary N) is 1. The number of esters is 1. The summed E-state index contributed by atoms with van der Waals surface area (Å²) in [6, 6.07) is -0.0673. The Kier molecular flexibility index (Phi) is 3.55. The lowest BCUT2D eigenvalue weighted by Crippen LogP contribution is -2.62. The minimum absolute atomic E-state index is 0.000239. The molecule has 1 heterocycles. The number of nitrogens with zero attached hydrogens (tertiary/aromatic N) is 1. The standard InChI is InChI=1S/C16H24N2O3S/c1-21-14(19)13-18(2-3-22-13)15(20)17-16-7-10-4-11(8-16)6-12(5-10)9-16/h10-13H,2-9H2,1H3,(H,17,20). The molecule has 4 aliphatic carbocycles. The highest BCUT2D eigenvalue weighted by Crippen LogP contribution is 2.55. The van der Waals surface area contributed by atoms with Crippen LogP contribution in [0.15, 0.2) is 0 Å². The number of amides is 2. The van der Waals surface area contributed by atoms with Crippen LogP contribution in [0.25, 0.3) is 0 Å². The zero-order valence-electron chi connectivity index (χ0n) is 13.0. The number of hydrogen-bond acceptors (Lipinski definition) is 4. The number of carbonyl (C=O) groups excluding carboxylic acids is 2. The summed E-state index contributed by atoms with van der Waals surface area (Å²) in [5.74, 6) is 2.89. The molecule has 0 aromatic heterocycles. The minimum atomic E-state index is -0.473. The molecule has 0 spiro atoms. The van der Waals surface area contributed by atoms with Crippen molar-refractivity contribution in [3.8, 4) is 0 Å². The zero-order valence-corrected chi connectivity index (χ0v) is 13.9. The van der Waals surface area contributed by atoms with Gasteiger partial charge in [0, 0.05) is 17.8 Å². The van der Waals surface area contributed by atoms with E-state index < -0.39 is 5.37 Å². The van der Waals surface area contributed by atoms with Crippen molar-refractivity contribution in [1.82, 2.24) is 10.2 Å². The summed E-state index contributed by atoms with van der Waals surface area (Å²) in [6.07, 6.45) is 7.48. The molecule has 5 fully saturated rings. The van der Waals surface area contributed by atoms with Crippen LogP contribution in [0.5, 0.6) is 0 Å². The number of urea groups is 1. The molecule has 1 aliphatic heterocycles. The SMILES string of the molecule is COC(=O)C1SCCN1C(=O)NC12CC3CC(CC(C3)C1)C2. The molecule has 1 unspecified atom stereocenters. The van der Waals surface area contributed by atoms with E-state index in [4.69, 9.17) is 4.74 Å². The lowest BCUT2D eigenvalue weighted by atomic mass is 9.53. The Bertz CT molecular complexity index is 460. The Morgan fingerprint density at radius 2 is 1.73 bits per heavy atom. The zero-order chi connectivity index (χ0) is 15.3. The Labute approximate surface area is 135 Å². The van der Waals surface area contributed by atoms with E-state index >= 15 is 0 Å². The molecule has 0 radical (unpaired) electrons. The number of thioether (sulfide) groups is 1. The summed E-state index contributed by atoms with van der Waals surface area (Å²) >= 11 is 1.49. The molecule has 1 saturated heterocycles. The quantitative estimate of drug-likeness (QED) is 0.791. The molecule has 1 N–H and O–H groups in total. The van der Waals surface area contributed by atoms with Gasteiger partial charge in [0.15, 0.2) is 5.37 Å². The lowest BCUT2D eigenvalue weighted by molar-refractivity contribution is -0.142. The van der Waals surface area contributed by atoms with E-state index in [1.807, 2.05) is 0 Å². The Morgan fingerprint density at radius 3 is 2.27 bits per heavy atom. The molecule has 22 heavy (non-hydrogen) atoms. The largest absolute Gasteiger partial charge is 0.467 e. The van der Waals surface area contributed by atoms with Gasteiger partial charge in [-0.25, -0.2) is 9.59 Å². The van der Waals surface area contributed by atoms with Crippen molar-refractivity contribution in [1.29, 1.82) is 0 Å². The maximum atomic E-state index is 12.8. The van der Waals surface area contributed by atoms with E-state index in [0.717, 1.165) is 42.8 Å². The van der Waals surface area contributed by atoms with Gasteiger partial charge >= 0.3 is 12.0 Å². The molecule has 2 amide bonds. The molecule has 5 rings (SSSR count). The normalized spacial score (nSPS) is 42.5. The van der Waals surface area contributed by atoms with Crippen LogP contribution in [0, 0.1) is 17.8 Å². The van der Waals surface area contributed by atoms with Crippen LogP contribution in [0.3, 0.4) is 0 Å². The summed E-state index contributed by atoms with van der Waals surface area (Å²) in [5, 5.41) is 2.87. The van der Waals surface area contributed by atoms with Gasteiger partial charge in [0.25, 0.3) is 0 Å². The average Bonchev–Trinajstić information content (AvgIpc) is 2.94. The fourth-order valence-electron chi connectivity index (χ4n) is 5.54. The minimum Gasteiger partial charge on any atom is -0.467 e. The van der Waals surface area contributed by atoms with Crippen LogP contribution in [-0.2, 0) is 9.53 Å². The van der Waals surface area contributed by atoms with Gasteiger partial charge in [0.05, 0.1) is 7.11 Å². The van der Waals surface area contributed by atoms with Gasteiger partial charge in [-0.15, -0.1) is 11.8 Å².